The molecule has 1 aliphatic rings. The number of rotatable bonds is 3. The lowest BCUT2D eigenvalue weighted by Crippen LogP contribution is -2.46. The van der Waals surface area contributed by atoms with E-state index in [4.69, 9.17) is 0 Å². The van der Waals surface area contributed by atoms with Crippen LogP contribution in [0, 0.1) is 0 Å². The number of carboxylic acid groups (broad SMARTS) is 1. The van der Waals surface area contributed by atoms with E-state index in [2.05, 4.69) is 4.74 Å². The Labute approximate surface area is 78.8 Å². The summed E-state index contributed by atoms with van der Waals surface area (Å²) in [7, 11) is 0. The van der Waals surface area contributed by atoms with E-state index >= 15 is 0 Å². The third-order valence-corrected chi connectivity index (χ3v) is 2.04. The van der Waals surface area contributed by atoms with Gasteiger partial charge in [0.2, 0.25) is 0 Å². The molecule has 1 aliphatic carbocycles. The number of carbonyl (C=O) groups is 2. The lowest BCUT2D eigenvalue weighted by molar-refractivity contribution is -0.369. The smallest absolute Gasteiger partial charge is 0.397 e. The summed E-state index contributed by atoms with van der Waals surface area (Å²) in [5, 5.41) is 9.91. The number of carbonyl (C=O) groups excluding carboxylic acids is 2. The van der Waals surface area contributed by atoms with Crippen LogP contribution in [0.1, 0.15) is 25.7 Å². The van der Waals surface area contributed by atoms with Gasteiger partial charge in [-0.15, -0.1) is 0 Å². The molecule has 0 spiro atoms. The molecule has 0 aromatic carbocycles. The Morgan fingerprint density at radius 2 is 1.93 bits per heavy atom. The van der Waals surface area contributed by atoms with Gasteiger partial charge in [-0.3, -0.25) is 4.79 Å². The molecule has 0 saturated heterocycles. The zero-order valence-electron chi connectivity index (χ0n) is 7.29. The molecule has 0 radical (unpaired) electrons. The normalized spacial score (nSPS) is 19.7. The van der Waals surface area contributed by atoms with Gasteiger partial charge in [-0.1, -0.05) is 0 Å². The molecule has 0 bridgehead atoms. The number of aliphatic carboxylic acids is 1. The van der Waals surface area contributed by atoms with Gasteiger partial charge in [0.25, 0.3) is 0 Å². The van der Waals surface area contributed by atoms with Crippen LogP contribution in [0.4, 0.5) is 8.78 Å². The van der Waals surface area contributed by atoms with Crippen LogP contribution in [0.15, 0.2) is 0 Å². The molecule has 0 atom stereocenters. The largest absolute Gasteiger partial charge is 0.542 e. The SMILES string of the molecule is O=C1CCC(OC(F)(F)C(=O)[O-])CC1. The van der Waals surface area contributed by atoms with Gasteiger partial charge in [0, 0.05) is 12.8 Å². The van der Waals surface area contributed by atoms with Crippen LogP contribution in [0.3, 0.4) is 0 Å². The molecule has 0 aromatic rings. The summed E-state index contributed by atoms with van der Waals surface area (Å²) in [5.74, 6) is -2.56. The molecule has 6 heteroatoms. The number of halogens is 2. The van der Waals surface area contributed by atoms with Gasteiger partial charge in [0.05, 0.1) is 6.10 Å². The molecule has 0 aromatic heterocycles. The average Bonchev–Trinajstić information content (AvgIpc) is 2.08. The second kappa shape index (κ2) is 4.00. The van der Waals surface area contributed by atoms with Crippen molar-refractivity contribution in [1.82, 2.24) is 0 Å². The molecule has 14 heavy (non-hydrogen) atoms. The molecule has 1 rings (SSSR count). The van der Waals surface area contributed by atoms with Gasteiger partial charge >= 0.3 is 6.11 Å². The first-order valence-electron chi connectivity index (χ1n) is 4.20. The summed E-state index contributed by atoms with van der Waals surface area (Å²) in [4.78, 5) is 20.6. The monoisotopic (exact) mass is 207 g/mol. The van der Waals surface area contributed by atoms with Crippen LogP contribution in [0.2, 0.25) is 0 Å². The third kappa shape index (κ3) is 2.73. The van der Waals surface area contributed by atoms with E-state index in [9.17, 15) is 23.5 Å². The number of alkyl halides is 2. The topological polar surface area (TPSA) is 66.4 Å². The Hall–Kier alpha value is -1.04. The average molecular weight is 207 g/mol. The molecule has 0 unspecified atom stereocenters. The number of ether oxygens (including phenoxy) is 1. The summed E-state index contributed by atoms with van der Waals surface area (Å²) in [6, 6.07) is 0. The van der Waals surface area contributed by atoms with Gasteiger partial charge < -0.3 is 14.6 Å². The lowest BCUT2D eigenvalue weighted by Gasteiger charge is -2.26. The highest BCUT2D eigenvalue weighted by Gasteiger charge is 2.36. The maximum Gasteiger partial charge on any atom is 0.397 e. The van der Waals surface area contributed by atoms with Crippen molar-refractivity contribution in [2.75, 3.05) is 0 Å². The van der Waals surface area contributed by atoms with Crippen molar-refractivity contribution in [3.05, 3.63) is 0 Å². The van der Waals surface area contributed by atoms with Gasteiger partial charge in [-0.2, -0.15) is 8.78 Å². The van der Waals surface area contributed by atoms with Crippen molar-refractivity contribution in [3.8, 4) is 0 Å². The Morgan fingerprint density at radius 3 is 2.36 bits per heavy atom. The second-order valence-electron chi connectivity index (χ2n) is 3.16. The molecule has 80 valence electrons. The van der Waals surface area contributed by atoms with Gasteiger partial charge in [0.15, 0.2) is 0 Å². The number of Topliss-reactive ketones (excluding diaryl/α,β-unsaturated/α-hetero) is 1. The van der Waals surface area contributed by atoms with Gasteiger partial charge in [0.1, 0.15) is 11.8 Å². The minimum atomic E-state index is -4.26. The third-order valence-electron chi connectivity index (χ3n) is 2.04. The number of ketones is 1. The molecule has 0 N–H and O–H groups in total. The maximum atomic E-state index is 12.5. The van der Waals surface area contributed by atoms with Crippen molar-refractivity contribution in [1.29, 1.82) is 0 Å². The first-order valence-corrected chi connectivity index (χ1v) is 4.20. The van der Waals surface area contributed by atoms with Crippen molar-refractivity contribution < 1.29 is 28.2 Å². The van der Waals surface area contributed by atoms with Crippen LogP contribution in [0.25, 0.3) is 0 Å². The predicted molar refractivity (Wildman–Crippen MR) is 38.3 cm³/mol. The zero-order chi connectivity index (χ0) is 10.8. The fourth-order valence-corrected chi connectivity index (χ4v) is 1.29. The number of carboxylic acids is 1. The van der Waals surface area contributed by atoms with E-state index in [1.807, 2.05) is 0 Å². The van der Waals surface area contributed by atoms with E-state index in [0.717, 1.165) is 0 Å². The highest BCUT2D eigenvalue weighted by molar-refractivity contribution is 5.79. The first-order chi connectivity index (χ1) is 6.42. The first kappa shape index (κ1) is 11.0. The molecular formula is C8H9F2O4-. The van der Waals surface area contributed by atoms with Crippen molar-refractivity contribution in [3.63, 3.8) is 0 Å². The van der Waals surface area contributed by atoms with Crippen LogP contribution in [-0.2, 0) is 14.3 Å². The summed E-state index contributed by atoms with van der Waals surface area (Å²) >= 11 is 0. The highest BCUT2D eigenvalue weighted by Crippen LogP contribution is 2.25. The Kier molecular flexibility index (Phi) is 3.15. The van der Waals surface area contributed by atoms with E-state index in [1.165, 1.54) is 0 Å². The number of hydrogen-bond donors (Lipinski definition) is 0. The molecule has 1 saturated carbocycles. The maximum absolute atomic E-state index is 12.5. The molecule has 0 heterocycles. The highest BCUT2D eigenvalue weighted by atomic mass is 19.3. The Morgan fingerprint density at radius 1 is 1.43 bits per heavy atom. The van der Waals surface area contributed by atoms with Crippen LogP contribution < -0.4 is 5.11 Å². The molecule has 0 aliphatic heterocycles. The van der Waals surface area contributed by atoms with Crippen molar-refractivity contribution >= 4 is 11.8 Å². The summed E-state index contributed by atoms with van der Waals surface area (Å²) in [6.07, 6.45) is -4.53. The molecule has 4 nitrogen and oxygen atoms in total. The fraction of sp³-hybridized carbons (Fsp3) is 0.750. The molecule has 1 fully saturated rings. The minimum absolute atomic E-state index is 0.0124. The van der Waals surface area contributed by atoms with Crippen LogP contribution >= 0.6 is 0 Å². The fourth-order valence-electron chi connectivity index (χ4n) is 1.29. The summed E-state index contributed by atoms with van der Waals surface area (Å²) in [5.41, 5.74) is 0. The number of hydrogen-bond acceptors (Lipinski definition) is 4. The lowest BCUT2D eigenvalue weighted by atomic mass is 9.96. The van der Waals surface area contributed by atoms with E-state index in [0.29, 0.717) is 0 Å². The van der Waals surface area contributed by atoms with Crippen molar-refractivity contribution in [2.24, 2.45) is 0 Å². The summed E-state index contributed by atoms with van der Waals surface area (Å²) in [6.45, 7) is 0. The van der Waals surface area contributed by atoms with E-state index in [-0.39, 0.29) is 31.5 Å². The van der Waals surface area contributed by atoms with Gasteiger partial charge in [-0.05, 0) is 12.8 Å². The van der Waals surface area contributed by atoms with E-state index in [1.54, 1.807) is 0 Å². The Bertz CT molecular complexity index is 242. The zero-order valence-corrected chi connectivity index (χ0v) is 7.29. The standard InChI is InChI=1S/C8H10F2O4/c9-8(10,7(12)13)14-6-3-1-5(11)2-4-6/h6H,1-4H2,(H,12,13)/p-1. The predicted octanol–water partition coefficient (Wildman–Crippen LogP) is -0.143. The second-order valence-corrected chi connectivity index (χ2v) is 3.16. The summed E-state index contributed by atoms with van der Waals surface area (Å²) < 4.78 is 29.0. The Balaban J connectivity index is 2.45. The quantitative estimate of drug-likeness (QED) is 0.645. The van der Waals surface area contributed by atoms with Crippen LogP contribution in [-0.4, -0.2) is 24.0 Å². The van der Waals surface area contributed by atoms with Gasteiger partial charge in [-0.25, -0.2) is 0 Å². The van der Waals surface area contributed by atoms with Crippen molar-refractivity contribution in [2.45, 2.75) is 37.9 Å². The molecule has 0 amide bonds. The van der Waals surface area contributed by atoms with E-state index < -0.39 is 18.2 Å². The molecular weight excluding hydrogens is 198 g/mol. The van der Waals surface area contributed by atoms with Crippen LogP contribution in [0.5, 0.6) is 0 Å². The minimum Gasteiger partial charge on any atom is -0.542 e.